The molecule has 5 nitrogen and oxygen atoms in total. The molecule has 3 rings (SSSR count). The molecule has 5 heteroatoms. The van der Waals surface area contributed by atoms with Crippen LogP contribution in [0.5, 0.6) is 0 Å². The van der Waals surface area contributed by atoms with E-state index in [1.54, 1.807) is 7.05 Å². The Morgan fingerprint density at radius 3 is 2.95 bits per heavy atom. The van der Waals surface area contributed by atoms with Gasteiger partial charge in [-0.1, -0.05) is 0 Å². The predicted molar refractivity (Wildman–Crippen MR) is 79.9 cm³/mol. The Kier molecular flexibility index (Phi) is 3.94. The molecule has 0 bridgehead atoms. The maximum atomic E-state index is 12.1. The molecule has 0 N–H and O–H groups in total. The quantitative estimate of drug-likeness (QED) is 0.816. The van der Waals surface area contributed by atoms with Crippen LogP contribution in [0.1, 0.15) is 35.8 Å². The minimum absolute atomic E-state index is 0.111. The van der Waals surface area contributed by atoms with Gasteiger partial charge >= 0.3 is 0 Å². The van der Waals surface area contributed by atoms with E-state index in [1.165, 1.54) is 18.6 Å². The van der Waals surface area contributed by atoms with Crippen LogP contribution in [0, 0.1) is 0 Å². The minimum Gasteiger partial charge on any atom is -0.358 e. The van der Waals surface area contributed by atoms with Crippen LogP contribution in [0.2, 0.25) is 0 Å². The van der Waals surface area contributed by atoms with Gasteiger partial charge in [0.1, 0.15) is 6.23 Å². The standard InChI is InChI=1S/C16H20N2O3/c1-17(20-2)16(19)13-6-7-14-12(11-13)8-9-18(14)15-5-3-4-10-21-15/h6-9,11,15H,3-5,10H2,1-2H3. The van der Waals surface area contributed by atoms with Crippen molar-refractivity contribution in [3.63, 3.8) is 0 Å². The Bertz CT molecular complexity index is 644. The number of carbonyl (C=O) groups excluding carboxylic acids is 1. The number of fused-ring (bicyclic) bond motifs is 1. The molecule has 0 aliphatic carbocycles. The number of rotatable bonds is 3. The smallest absolute Gasteiger partial charge is 0.277 e. The van der Waals surface area contributed by atoms with Crippen LogP contribution in [-0.2, 0) is 9.57 Å². The van der Waals surface area contributed by atoms with Gasteiger partial charge in [0.05, 0.1) is 12.6 Å². The van der Waals surface area contributed by atoms with E-state index in [0.717, 1.165) is 30.4 Å². The summed E-state index contributed by atoms with van der Waals surface area (Å²) in [5, 5.41) is 2.27. The van der Waals surface area contributed by atoms with E-state index in [2.05, 4.69) is 4.57 Å². The van der Waals surface area contributed by atoms with Gasteiger partial charge in [0.2, 0.25) is 0 Å². The third-order valence-electron chi connectivity index (χ3n) is 3.99. The highest BCUT2D eigenvalue weighted by molar-refractivity contribution is 5.97. The van der Waals surface area contributed by atoms with Gasteiger partial charge in [-0.2, -0.15) is 0 Å². The molecule has 1 aliphatic rings. The maximum absolute atomic E-state index is 12.1. The van der Waals surface area contributed by atoms with Crippen LogP contribution in [0.25, 0.3) is 10.9 Å². The van der Waals surface area contributed by atoms with Gasteiger partial charge in [-0.3, -0.25) is 9.63 Å². The highest BCUT2D eigenvalue weighted by Gasteiger charge is 2.18. The molecular weight excluding hydrogens is 268 g/mol. The summed E-state index contributed by atoms with van der Waals surface area (Å²) >= 11 is 0. The first-order valence-electron chi connectivity index (χ1n) is 7.25. The summed E-state index contributed by atoms with van der Waals surface area (Å²) in [6.07, 6.45) is 5.52. The first kappa shape index (κ1) is 14.1. The second-order valence-corrected chi connectivity index (χ2v) is 5.30. The summed E-state index contributed by atoms with van der Waals surface area (Å²) < 4.78 is 7.99. The predicted octanol–water partition coefficient (Wildman–Crippen LogP) is 2.97. The van der Waals surface area contributed by atoms with Crippen molar-refractivity contribution in [2.75, 3.05) is 20.8 Å². The van der Waals surface area contributed by atoms with Gasteiger partial charge in [-0.05, 0) is 43.5 Å². The van der Waals surface area contributed by atoms with Crippen LogP contribution in [0.4, 0.5) is 0 Å². The molecule has 21 heavy (non-hydrogen) atoms. The average molecular weight is 288 g/mol. The lowest BCUT2D eigenvalue weighted by Crippen LogP contribution is -2.25. The largest absolute Gasteiger partial charge is 0.358 e. The Labute approximate surface area is 124 Å². The lowest BCUT2D eigenvalue weighted by atomic mass is 10.1. The second kappa shape index (κ2) is 5.87. The van der Waals surface area contributed by atoms with Crippen molar-refractivity contribution < 1.29 is 14.4 Å². The summed E-state index contributed by atoms with van der Waals surface area (Å²) in [4.78, 5) is 17.0. The van der Waals surface area contributed by atoms with Crippen molar-refractivity contribution in [3.05, 3.63) is 36.0 Å². The number of ether oxygens (including phenoxy) is 1. The van der Waals surface area contributed by atoms with Crippen molar-refractivity contribution in [2.24, 2.45) is 0 Å². The van der Waals surface area contributed by atoms with Gasteiger partial charge in [0.15, 0.2) is 0 Å². The Morgan fingerprint density at radius 1 is 1.38 bits per heavy atom. The number of hydrogen-bond acceptors (Lipinski definition) is 3. The van der Waals surface area contributed by atoms with Crippen molar-refractivity contribution in [3.8, 4) is 0 Å². The fourth-order valence-corrected chi connectivity index (χ4v) is 2.76. The molecule has 1 aliphatic heterocycles. The van der Waals surface area contributed by atoms with E-state index < -0.39 is 0 Å². The van der Waals surface area contributed by atoms with Gasteiger partial charge in [0, 0.05) is 30.8 Å². The highest BCUT2D eigenvalue weighted by Crippen LogP contribution is 2.28. The summed E-state index contributed by atoms with van der Waals surface area (Å²) in [5.41, 5.74) is 1.72. The zero-order valence-corrected chi connectivity index (χ0v) is 12.4. The number of hydroxylamine groups is 2. The normalized spacial score (nSPS) is 18.9. The Hall–Kier alpha value is -1.85. The molecule has 0 spiro atoms. The third-order valence-corrected chi connectivity index (χ3v) is 3.99. The molecule has 1 unspecified atom stereocenters. The SMILES string of the molecule is CON(C)C(=O)c1ccc2c(ccn2C2CCCCO2)c1. The minimum atomic E-state index is -0.152. The van der Waals surface area contributed by atoms with E-state index in [0.29, 0.717) is 5.56 Å². The number of hydrogen-bond donors (Lipinski definition) is 0. The molecule has 0 radical (unpaired) electrons. The van der Waals surface area contributed by atoms with Crippen LogP contribution >= 0.6 is 0 Å². The first-order chi connectivity index (χ1) is 10.2. The van der Waals surface area contributed by atoms with Crippen molar-refractivity contribution >= 4 is 16.8 Å². The van der Waals surface area contributed by atoms with Gasteiger partial charge < -0.3 is 9.30 Å². The van der Waals surface area contributed by atoms with Crippen molar-refractivity contribution in [1.29, 1.82) is 0 Å². The van der Waals surface area contributed by atoms with E-state index in [-0.39, 0.29) is 12.1 Å². The number of carbonyl (C=O) groups is 1. The van der Waals surface area contributed by atoms with Crippen LogP contribution in [0.15, 0.2) is 30.5 Å². The summed E-state index contributed by atoms with van der Waals surface area (Å²) in [6, 6.07) is 7.73. The molecule has 1 saturated heterocycles. The topological polar surface area (TPSA) is 43.7 Å². The van der Waals surface area contributed by atoms with Crippen molar-refractivity contribution in [2.45, 2.75) is 25.5 Å². The average Bonchev–Trinajstić information content (AvgIpc) is 2.97. The Morgan fingerprint density at radius 2 is 2.24 bits per heavy atom. The monoisotopic (exact) mass is 288 g/mol. The fourth-order valence-electron chi connectivity index (χ4n) is 2.76. The fraction of sp³-hybridized carbons (Fsp3) is 0.438. The summed E-state index contributed by atoms with van der Waals surface area (Å²) in [5.74, 6) is -0.152. The molecule has 0 saturated carbocycles. The van der Waals surface area contributed by atoms with Gasteiger partial charge in [-0.25, -0.2) is 5.06 Å². The zero-order valence-electron chi connectivity index (χ0n) is 12.4. The van der Waals surface area contributed by atoms with E-state index >= 15 is 0 Å². The van der Waals surface area contributed by atoms with Crippen molar-refractivity contribution in [1.82, 2.24) is 9.63 Å². The molecule has 2 aromatic rings. The highest BCUT2D eigenvalue weighted by atomic mass is 16.7. The van der Waals surface area contributed by atoms with E-state index in [4.69, 9.17) is 9.57 Å². The lowest BCUT2D eigenvalue weighted by Gasteiger charge is -2.24. The Balaban J connectivity index is 1.92. The number of nitrogens with zero attached hydrogens (tertiary/aromatic N) is 2. The molecular formula is C16H20N2O3. The van der Waals surface area contributed by atoms with E-state index in [9.17, 15) is 4.79 Å². The summed E-state index contributed by atoms with van der Waals surface area (Å²) in [7, 11) is 3.08. The summed E-state index contributed by atoms with van der Waals surface area (Å²) in [6.45, 7) is 0.819. The van der Waals surface area contributed by atoms with Gasteiger partial charge in [0.25, 0.3) is 5.91 Å². The first-order valence-corrected chi connectivity index (χ1v) is 7.25. The third kappa shape index (κ3) is 2.66. The number of aromatic nitrogens is 1. The van der Waals surface area contributed by atoms with E-state index in [1.807, 2.05) is 30.5 Å². The van der Waals surface area contributed by atoms with Crippen LogP contribution in [0.3, 0.4) is 0 Å². The molecule has 1 aromatic carbocycles. The molecule has 1 atom stereocenters. The zero-order chi connectivity index (χ0) is 14.8. The van der Waals surface area contributed by atoms with Crippen LogP contribution < -0.4 is 0 Å². The second-order valence-electron chi connectivity index (χ2n) is 5.30. The lowest BCUT2D eigenvalue weighted by molar-refractivity contribution is -0.0756. The van der Waals surface area contributed by atoms with Crippen LogP contribution in [-0.4, -0.2) is 36.3 Å². The molecule has 1 fully saturated rings. The number of benzene rings is 1. The molecule has 1 aromatic heterocycles. The maximum Gasteiger partial charge on any atom is 0.277 e. The molecule has 2 heterocycles. The molecule has 1 amide bonds. The molecule has 112 valence electrons. The number of amides is 1. The van der Waals surface area contributed by atoms with Gasteiger partial charge in [-0.15, -0.1) is 0 Å².